The lowest BCUT2D eigenvalue weighted by molar-refractivity contribution is 0.239. The number of nitrogens with zero attached hydrogens (tertiary/aromatic N) is 1. The van der Waals surface area contributed by atoms with Crippen molar-refractivity contribution in [2.75, 3.05) is 13.6 Å². The lowest BCUT2D eigenvalue weighted by atomic mass is 10.1. The molecule has 4 heteroatoms. The first-order valence-corrected chi connectivity index (χ1v) is 5.50. The van der Waals surface area contributed by atoms with Crippen molar-refractivity contribution in [2.45, 2.75) is 24.9 Å². The second kappa shape index (κ2) is 4.47. The van der Waals surface area contributed by atoms with Crippen LogP contribution in [0.25, 0.3) is 0 Å². The van der Waals surface area contributed by atoms with Crippen molar-refractivity contribution in [3.63, 3.8) is 0 Å². The van der Waals surface area contributed by atoms with Gasteiger partial charge in [0.05, 0.1) is 0 Å². The van der Waals surface area contributed by atoms with Crippen molar-refractivity contribution < 1.29 is 8.78 Å². The largest absolute Gasteiger partial charge is 0.329 e. The van der Waals surface area contributed by atoms with Gasteiger partial charge < -0.3 is 5.73 Å². The van der Waals surface area contributed by atoms with Gasteiger partial charge in [-0.1, -0.05) is 0 Å². The SMILES string of the molecule is CN(C1CC1)C(CN)c1cc(F)cc(F)c1. The summed E-state index contributed by atoms with van der Waals surface area (Å²) in [5.41, 5.74) is 6.30. The lowest BCUT2D eigenvalue weighted by Gasteiger charge is -2.27. The molecule has 2 N–H and O–H groups in total. The van der Waals surface area contributed by atoms with Crippen LogP contribution in [0.5, 0.6) is 0 Å². The Morgan fingerprint density at radius 1 is 1.31 bits per heavy atom. The maximum Gasteiger partial charge on any atom is 0.126 e. The van der Waals surface area contributed by atoms with Crippen LogP contribution in [0.3, 0.4) is 0 Å². The van der Waals surface area contributed by atoms with E-state index < -0.39 is 11.6 Å². The van der Waals surface area contributed by atoms with E-state index in [-0.39, 0.29) is 6.04 Å². The lowest BCUT2D eigenvalue weighted by Crippen LogP contribution is -2.32. The van der Waals surface area contributed by atoms with E-state index in [0.29, 0.717) is 18.2 Å². The molecule has 16 heavy (non-hydrogen) atoms. The van der Waals surface area contributed by atoms with Gasteiger partial charge in [-0.15, -0.1) is 0 Å². The summed E-state index contributed by atoms with van der Waals surface area (Å²) in [7, 11) is 1.96. The minimum Gasteiger partial charge on any atom is -0.329 e. The van der Waals surface area contributed by atoms with Crippen LogP contribution < -0.4 is 5.73 Å². The average molecular weight is 226 g/mol. The minimum atomic E-state index is -0.544. The molecule has 1 aromatic carbocycles. The number of benzene rings is 1. The summed E-state index contributed by atoms with van der Waals surface area (Å²) in [6, 6.07) is 4.02. The summed E-state index contributed by atoms with van der Waals surface area (Å²) in [6.45, 7) is 0.371. The van der Waals surface area contributed by atoms with E-state index in [4.69, 9.17) is 5.73 Å². The van der Waals surface area contributed by atoms with Gasteiger partial charge in [-0.3, -0.25) is 4.90 Å². The Kier molecular flexibility index (Phi) is 3.21. The van der Waals surface area contributed by atoms with Crippen molar-refractivity contribution in [3.05, 3.63) is 35.4 Å². The smallest absolute Gasteiger partial charge is 0.126 e. The predicted molar refractivity (Wildman–Crippen MR) is 58.9 cm³/mol. The molecule has 1 saturated carbocycles. The van der Waals surface area contributed by atoms with E-state index in [2.05, 4.69) is 4.90 Å². The number of nitrogens with two attached hydrogens (primary N) is 1. The third kappa shape index (κ3) is 2.39. The van der Waals surface area contributed by atoms with Gasteiger partial charge in [0, 0.05) is 24.7 Å². The Morgan fingerprint density at radius 2 is 1.88 bits per heavy atom. The summed E-state index contributed by atoms with van der Waals surface area (Å²) in [4.78, 5) is 2.11. The molecule has 0 heterocycles. The van der Waals surface area contributed by atoms with Crippen molar-refractivity contribution in [1.82, 2.24) is 4.90 Å². The normalized spacial score (nSPS) is 17.8. The van der Waals surface area contributed by atoms with Crippen LogP contribution in [0.15, 0.2) is 18.2 Å². The fourth-order valence-electron chi connectivity index (χ4n) is 2.04. The highest BCUT2D eigenvalue weighted by molar-refractivity contribution is 5.22. The van der Waals surface area contributed by atoms with Gasteiger partial charge in [0.25, 0.3) is 0 Å². The Bertz CT molecular complexity index is 357. The molecule has 0 saturated heterocycles. The van der Waals surface area contributed by atoms with Gasteiger partial charge in [0.2, 0.25) is 0 Å². The summed E-state index contributed by atoms with van der Waals surface area (Å²) in [5, 5.41) is 0. The molecule has 0 radical (unpaired) electrons. The first kappa shape index (κ1) is 11.5. The molecule has 0 bridgehead atoms. The number of hydrogen-bond donors (Lipinski definition) is 1. The van der Waals surface area contributed by atoms with Crippen LogP contribution in [-0.4, -0.2) is 24.5 Å². The number of likely N-dealkylation sites (N-methyl/N-ethyl adjacent to an activating group) is 1. The first-order chi connectivity index (χ1) is 7.61. The molecule has 1 unspecified atom stereocenters. The van der Waals surface area contributed by atoms with E-state index in [1.165, 1.54) is 12.1 Å². The maximum absolute atomic E-state index is 13.1. The second-order valence-electron chi connectivity index (χ2n) is 4.35. The van der Waals surface area contributed by atoms with Gasteiger partial charge in [0.15, 0.2) is 0 Å². The first-order valence-electron chi connectivity index (χ1n) is 5.50. The van der Waals surface area contributed by atoms with E-state index >= 15 is 0 Å². The third-order valence-electron chi connectivity index (χ3n) is 3.11. The topological polar surface area (TPSA) is 29.3 Å². The molecule has 0 aliphatic heterocycles. The Balaban J connectivity index is 2.24. The molecule has 88 valence electrons. The maximum atomic E-state index is 13.1. The molecule has 1 aromatic rings. The molecule has 1 aliphatic rings. The molecular weight excluding hydrogens is 210 g/mol. The summed E-state index contributed by atoms with van der Waals surface area (Å²) >= 11 is 0. The zero-order valence-electron chi connectivity index (χ0n) is 9.29. The van der Waals surface area contributed by atoms with Crippen LogP contribution in [0.2, 0.25) is 0 Å². The van der Waals surface area contributed by atoms with Gasteiger partial charge >= 0.3 is 0 Å². The highest BCUT2D eigenvalue weighted by Gasteiger charge is 2.31. The van der Waals surface area contributed by atoms with Crippen LogP contribution in [0, 0.1) is 11.6 Å². The molecule has 0 aromatic heterocycles. The zero-order chi connectivity index (χ0) is 11.7. The minimum absolute atomic E-state index is 0.0994. The third-order valence-corrected chi connectivity index (χ3v) is 3.11. The van der Waals surface area contributed by atoms with E-state index in [0.717, 1.165) is 18.9 Å². The Morgan fingerprint density at radius 3 is 2.31 bits per heavy atom. The molecule has 1 aliphatic carbocycles. The standard InChI is InChI=1S/C12H16F2N2/c1-16(11-2-3-11)12(7-15)8-4-9(13)6-10(14)5-8/h4-6,11-12H,2-3,7,15H2,1H3. The fraction of sp³-hybridized carbons (Fsp3) is 0.500. The van der Waals surface area contributed by atoms with Crippen molar-refractivity contribution in [3.8, 4) is 0 Å². The average Bonchev–Trinajstić information content (AvgIpc) is 2.99. The summed E-state index contributed by atoms with van der Waals surface area (Å²) in [5.74, 6) is -1.09. The Hall–Kier alpha value is -1.00. The molecule has 2 nitrogen and oxygen atoms in total. The van der Waals surface area contributed by atoms with Gasteiger partial charge in [-0.2, -0.15) is 0 Å². The highest BCUT2D eigenvalue weighted by Crippen LogP contribution is 2.32. The van der Waals surface area contributed by atoms with Crippen LogP contribution in [0.1, 0.15) is 24.4 Å². The van der Waals surface area contributed by atoms with Crippen LogP contribution in [-0.2, 0) is 0 Å². The summed E-state index contributed by atoms with van der Waals surface area (Å²) < 4.78 is 26.2. The number of rotatable bonds is 4. The fourth-order valence-corrected chi connectivity index (χ4v) is 2.04. The number of hydrogen-bond acceptors (Lipinski definition) is 2. The summed E-state index contributed by atoms with van der Waals surface area (Å²) in [6.07, 6.45) is 2.29. The molecular formula is C12H16F2N2. The van der Waals surface area contributed by atoms with Crippen molar-refractivity contribution in [2.24, 2.45) is 5.73 Å². The Labute approximate surface area is 94.0 Å². The van der Waals surface area contributed by atoms with Gasteiger partial charge in [-0.25, -0.2) is 8.78 Å². The molecule has 1 atom stereocenters. The second-order valence-corrected chi connectivity index (χ2v) is 4.35. The van der Waals surface area contributed by atoms with Crippen LogP contribution >= 0.6 is 0 Å². The number of halogens is 2. The molecule has 0 spiro atoms. The monoisotopic (exact) mass is 226 g/mol. The van der Waals surface area contributed by atoms with Gasteiger partial charge in [-0.05, 0) is 37.6 Å². The highest BCUT2D eigenvalue weighted by atomic mass is 19.1. The molecule has 1 fully saturated rings. The van der Waals surface area contributed by atoms with Crippen molar-refractivity contribution in [1.29, 1.82) is 0 Å². The predicted octanol–water partition coefficient (Wildman–Crippen LogP) is 2.06. The van der Waals surface area contributed by atoms with Gasteiger partial charge in [0.1, 0.15) is 11.6 Å². The molecule has 2 rings (SSSR count). The van der Waals surface area contributed by atoms with E-state index in [1.807, 2.05) is 7.05 Å². The zero-order valence-corrected chi connectivity index (χ0v) is 9.29. The quantitative estimate of drug-likeness (QED) is 0.851. The van der Waals surface area contributed by atoms with E-state index in [1.54, 1.807) is 0 Å². The van der Waals surface area contributed by atoms with Crippen LogP contribution in [0.4, 0.5) is 8.78 Å². The van der Waals surface area contributed by atoms with E-state index in [9.17, 15) is 8.78 Å². The van der Waals surface area contributed by atoms with Crippen molar-refractivity contribution >= 4 is 0 Å². The molecule has 0 amide bonds.